The third kappa shape index (κ3) is 4.66. The zero-order valence-corrected chi connectivity index (χ0v) is 19.6. The minimum absolute atomic E-state index is 0.0308. The van der Waals surface area contributed by atoms with Crippen LogP contribution < -0.4 is 5.62 Å². The number of hydrogen-bond donors (Lipinski definition) is 1. The minimum Gasteiger partial charge on any atom is -0.331 e. The van der Waals surface area contributed by atoms with E-state index < -0.39 is 0 Å². The lowest BCUT2D eigenvalue weighted by molar-refractivity contribution is 0.0812. The van der Waals surface area contributed by atoms with Crippen LogP contribution in [0.25, 0.3) is 11.0 Å². The third-order valence-electron chi connectivity index (χ3n) is 5.59. The maximum absolute atomic E-state index is 12.8. The fraction of sp³-hybridized carbons (Fsp3) is 0.148. The molecule has 1 heterocycles. The van der Waals surface area contributed by atoms with Gasteiger partial charge in [-0.2, -0.15) is 0 Å². The molecule has 34 heavy (non-hydrogen) atoms. The van der Waals surface area contributed by atoms with Crippen LogP contribution in [0.1, 0.15) is 26.3 Å². The highest BCUT2D eigenvalue weighted by Gasteiger charge is 2.15. The number of amides is 1. The number of hydrogen-bond acceptors (Lipinski definition) is 3. The maximum atomic E-state index is 12.8. The van der Waals surface area contributed by atoms with Gasteiger partial charge in [-0.1, -0.05) is 47.7 Å². The molecule has 0 radical (unpaired) electrons. The molecule has 0 atom stereocenters. The molecule has 0 spiro atoms. The molecule has 4 rings (SSSR count). The molecule has 1 aromatic heterocycles. The molecule has 1 N–H and O–H groups in total. The molecule has 3 aromatic carbocycles. The molecule has 6 nitrogen and oxygen atoms in total. The number of carbonyl (C=O) groups is 2. The van der Waals surface area contributed by atoms with E-state index in [1.165, 1.54) is 0 Å². The molecular formula is C27H23ClN4O2. The number of benzene rings is 3. The van der Waals surface area contributed by atoms with Gasteiger partial charge < -0.3 is 14.0 Å². The Labute approximate surface area is 202 Å². The molecule has 0 aliphatic carbocycles. The van der Waals surface area contributed by atoms with Gasteiger partial charge in [-0.25, -0.2) is 0 Å². The van der Waals surface area contributed by atoms with Crippen molar-refractivity contribution in [1.82, 2.24) is 14.0 Å². The SMILES string of the molecule is CN(CC#Cc1cccc2c1n(C)c(=N)n2CC(=O)c1ccc(Cl)cc1)C(=O)c1ccccc1. The molecule has 0 bridgehead atoms. The fourth-order valence-corrected chi connectivity index (χ4v) is 3.89. The van der Waals surface area contributed by atoms with Crippen molar-refractivity contribution >= 4 is 34.3 Å². The number of Topliss-reactive ketones (excluding diaryl/α,β-unsaturated/α-hetero) is 1. The van der Waals surface area contributed by atoms with E-state index in [0.717, 1.165) is 16.6 Å². The normalized spacial score (nSPS) is 10.6. The van der Waals surface area contributed by atoms with Crippen molar-refractivity contribution in [1.29, 1.82) is 5.41 Å². The molecule has 0 unspecified atom stereocenters. The summed E-state index contributed by atoms with van der Waals surface area (Å²) in [5.74, 6) is 5.99. The molecule has 0 fully saturated rings. The summed E-state index contributed by atoms with van der Waals surface area (Å²) in [6.45, 7) is 0.292. The van der Waals surface area contributed by atoms with Crippen LogP contribution in [0.2, 0.25) is 5.02 Å². The van der Waals surface area contributed by atoms with Crippen LogP contribution in [0.4, 0.5) is 0 Å². The fourth-order valence-electron chi connectivity index (χ4n) is 3.76. The lowest BCUT2D eigenvalue weighted by Gasteiger charge is -2.13. The van der Waals surface area contributed by atoms with Gasteiger partial charge in [0, 0.05) is 30.2 Å². The van der Waals surface area contributed by atoms with Crippen molar-refractivity contribution in [2.75, 3.05) is 13.6 Å². The standard InChI is InChI=1S/C27H23ClN4O2/c1-30(26(34)21-8-4-3-5-9-21)17-7-11-20-10-6-12-23-25(20)31(2)27(29)32(23)18-24(33)19-13-15-22(28)16-14-19/h3-6,8-10,12-16,29H,17-18H2,1-2H3. The second kappa shape index (κ2) is 9.82. The number of fused-ring (bicyclic) bond motifs is 1. The number of imidazole rings is 1. The van der Waals surface area contributed by atoms with Gasteiger partial charge in [-0.15, -0.1) is 0 Å². The van der Waals surface area contributed by atoms with Gasteiger partial charge >= 0.3 is 0 Å². The number of carbonyl (C=O) groups excluding carboxylic acids is 2. The van der Waals surface area contributed by atoms with Gasteiger partial charge in [-0.05, 0) is 48.5 Å². The van der Waals surface area contributed by atoms with Gasteiger partial charge in [0.05, 0.1) is 29.7 Å². The number of aromatic nitrogens is 2. The Morgan fingerprint density at radius 3 is 2.38 bits per heavy atom. The maximum Gasteiger partial charge on any atom is 0.254 e. The van der Waals surface area contributed by atoms with Gasteiger partial charge in [-0.3, -0.25) is 15.0 Å². The summed E-state index contributed by atoms with van der Waals surface area (Å²) >= 11 is 5.93. The summed E-state index contributed by atoms with van der Waals surface area (Å²) in [6, 6.07) is 21.4. The van der Waals surface area contributed by atoms with Gasteiger partial charge in [0.15, 0.2) is 5.78 Å². The molecule has 7 heteroatoms. The average molecular weight is 471 g/mol. The van der Waals surface area contributed by atoms with E-state index in [1.807, 2.05) is 36.4 Å². The zero-order valence-electron chi connectivity index (χ0n) is 18.9. The predicted molar refractivity (Wildman–Crippen MR) is 133 cm³/mol. The molecule has 1 amide bonds. The van der Waals surface area contributed by atoms with E-state index in [9.17, 15) is 9.59 Å². The van der Waals surface area contributed by atoms with Crippen molar-refractivity contribution < 1.29 is 9.59 Å². The lowest BCUT2D eigenvalue weighted by atomic mass is 10.1. The highest BCUT2D eigenvalue weighted by atomic mass is 35.5. The first-order chi connectivity index (χ1) is 16.4. The number of aryl methyl sites for hydroxylation is 1. The second-order valence-corrected chi connectivity index (χ2v) is 8.34. The second-order valence-electron chi connectivity index (χ2n) is 7.90. The topological polar surface area (TPSA) is 71.1 Å². The first-order valence-corrected chi connectivity index (χ1v) is 11.1. The van der Waals surface area contributed by atoms with Gasteiger partial charge in [0.1, 0.15) is 0 Å². The van der Waals surface area contributed by atoms with E-state index in [4.69, 9.17) is 17.0 Å². The highest BCUT2D eigenvalue weighted by Crippen LogP contribution is 2.18. The Morgan fingerprint density at radius 1 is 0.971 bits per heavy atom. The Morgan fingerprint density at radius 2 is 1.68 bits per heavy atom. The summed E-state index contributed by atoms with van der Waals surface area (Å²) in [5.41, 5.74) is 3.59. The first kappa shape index (κ1) is 23.1. The van der Waals surface area contributed by atoms with Crippen molar-refractivity contribution in [3.05, 3.63) is 100 Å². The van der Waals surface area contributed by atoms with Crippen LogP contribution in [0.15, 0.2) is 72.8 Å². The average Bonchev–Trinajstić information content (AvgIpc) is 3.09. The number of ketones is 1. The molecule has 0 aliphatic rings. The van der Waals surface area contributed by atoms with Crippen molar-refractivity contribution in [3.63, 3.8) is 0 Å². The monoisotopic (exact) mass is 470 g/mol. The van der Waals surface area contributed by atoms with E-state index >= 15 is 0 Å². The third-order valence-corrected chi connectivity index (χ3v) is 5.84. The van der Waals surface area contributed by atoms with Crippen molar-refractivity contribution in [2.45, 2.75) is 6.54 Å². The smallest absolute Gasteiger partial charge is 0.254 e. The van der Waals surface area contributed by atoms with Gasteiger partial charge in [0.25, 0.3) is 5.91 Å². The number of halogens is 1. The lowest BCUT2D eigenvalue weighted by Crippen LogP contribution is -2.26. The molecular weight excluding hydrogens is 448 g/mol. The van der Waals surface area contributed by atoms with E-state index in [0.29, 0.717) is 16.1 Å². The number of para-hydroxylation sites is 1. The van der Waals surface area contributed by atoms with Crippen LogP contribution in [-0.2, 0) is 13.6 Å². The zero-order chi connectivity index (χ0) is 24.2. The van der Waals surface area contributed by atoms with E-state index in [2.05, 4.69) is 11.8 Å². The summed E-state index contributed by atoms with van der Waals surface area (Å²) in [5, 5.41) is 9.12. The highest BCUT2D eigenvalue weighted by molar-refractivity contribution is 6.30. The summed E-state index contributed by atoms with van der Waals surface area (Å²) in [6.07, 6.45) is 0. The summed E-state index contributed by atoms with van der Waals surface area (Å²) in [7, 11) is 3.50. The van der Waals surface area contributed by atoms with Crippen LogP contribution in [-0.4, -0.2) is 39.3 Å². The van der Waals surface area contributed by atoms with Crippen LogP contribution in [0.3, 0.4) is 0 Å². The Kier molecular flexibility index (Phi) is 6.67. The first-order valence-electron chi connectivity index (χ1n) is 10.7. The Bertz CT molecular complexity index is 1490. The predicted octanol–water partition coefficient (Wildman–Crippen LogP) is 4.12. The van der Waals surface area contributed by atoms with Gasteiger partial charge in [0.2, 0.25) is 5.62 Å². The largest absolute Gasteiger partial charge is 0.331 e. The van der Waals surface area contributed by atoms with Crippen LogP contribution in [0.5, 0.6) is 0 Å². The molecule has 0 saturated carbocycles. The quantitative estimate of drug-likeness (QED) is 0.352. The Hall–Kier alpha value is -4.08. The number of rotatable bonds is 5. The Balaban J connectivity index is 1.60. The number of nitrogens with one attached hydrogen (secondary N) is 1. The van der Waals surface area contributed by atoms with Crippen molar-refractivity contribution in [2.24, 2.45) is 7.05 Å². The van der Waals surface area contributed by atoms with E-state index in [-0.39, 0.29) is 30.4 Å². The molecule has 0 aliphatic heterocycles. The molecule has 4 aromatic rings. The minimum atomic E-state index is -0.111. The number of nitrogens with zero attached hydrogens (tertiary/aromatic N) is 3. The summed E-state index contributed by atoms with van der Waals surface area (Å²) in [4.78, 5) is 26.9. The molecule has 170 valence electrons. The van der Waals surface area contributed by atoms with Crippen LogP contribution >= 0.6 is 11.6 Å². The van der Waals surface area contributed by atoms with Crippen molar-refractivity contribution in [3.8, 4) is 11.8 Å². The van der Waals surface area contributed by atoms with E-state index in [1.54, 1.807) is 64.5 Å². The summed E-state index contributed by atoms with van der Waals surface area (Å²) < 4.78 is 3.38. The van der Waals surface area contributed by atoms with Crippen LogP contribution in [0, 0.1) is 17.3 Å². The molecule has 0 saturated heterocycles.